The van der Waals surface area contributed by atoms with Crippen molar-refractivity contribution in [2.75, 3.05) is 0 Å². The SMILES string of the molecule is Cc1c[c]ccc1CS. The van der Waals surface area contributed by atoms with Crippen LogP contribution in [0.3, 0.4) is 0 Å². The number of rotatable bonds is 1. The van der Waals surface area contributed by atoms with Crippen molar-refractivity contribution in [2.24, 2.45) is 0 Å². The molecule has 0 saturated carbocycles. The molecule has 0 nitrogen and oxygen atoms in total. The second kappa shape index (κ2) is 2.92. The van der Waals surface area contributed by atoms with Gasteiger partial charge in [0.1, 0.15) is 0 Å². The molecule has 0 atom stereocenters. The summed E-state index contributed by atoms with van der Waals surface area (Å²) in [5.41, 5.74) is 2.56. The van der Waals surface area contributed by atoms with Crippen LogP contribution in [0.4, 0.5) is 0 Å². The van der Waals surface area contributed by atoms with Crippen LogP contribution in [0.25, 0.3) is 0 Å². The van der Waals surface area contributed by atoms with E-state index in [1.54, 1.807) is 0 Å². The zero-order valence-corrected chi connectivity index (χ0v) is 6.28. The van der Waals surface area contributed by atoms with Gasteiger partial charge in [-0.2, -0.15) is 12.6 Å². The Morgan fingerprint density at radius 1 is 1.67 bits per heavy atom. The van der Waals surface area contributed by atoms with Gasteiger partial charge in [-0.3, -0.25) is 0 Å². The molecular weight excluding hydrogens is 128 g/mol. The molecule has 0 fully saturated rings. The van der Waals surface area contributed by atoms with Crippen molar-refractivity contribution in [3.63, 3.8) is 0 Å². The molecule has 1 aromatic rings. The van der Waals surface area contributed by atoms with Gasteiger partial charge in [-0.1, -0.05) is 18.2 Å². The average molecular weight is 137 g/mol. The Hall–Kier alpha value is -0.430. The first kappa shape index (κ1) is 6.69. The highest BCUT2D eigenvalue weighted by atomic mass is 32.1. The number of hydrogen-bond donors (Lipinski definition) is 1. The average Bonchev–Trinajstić information content (AvgIpc) is 1.89. The maximum Gasteiger partial charge on any atom is 0.0156 e. The zero-order valence-electron chi connectivity index (χ0n) is 5.39. The maximum absolute atomic E-state index is 4.17. The predicted molar refractivity (Wildman–Crippen MR) is 42.7 cm³/mol. The number of thiol groups is 1. The minimum atomic E-state index is 0.820. The van der Waals surface area contributed by atoms with E-state index in [-0.39, 0.29) is 0 Å². The summed E-state index contributed by atoms with van der Waals surface area (Å²) in [6, 6.07) is 8.94. The smallest absolute Gasteiger partial charge is 0.0156 e. The fraction of sp³-hybridized carbons (Fsp3) is 0.250. The summed E-state index contributed by atoms with van der Waals surface area (Å²) in [4.78, 5) is 0. The van der Waals surface area contributed by atoms with Gasteiger partial charge in [0.25, 0.3) is 0 Å². The van der Waals surface area contributed by atoms with Gasteiger partial charge in [0.15, 0.2) is 0 Å². The minimum Gasteiger partial charge on any atom is -0.175 e. The first-order valence-corrected chi connectivity index (χ1v) is 3.54. The third kappa shape index (κ3) is 1.49. The highest BCUT2D eigenvalue weighted by Gasteiger charge is 1.90. The Morgan fingerprint density at radius 3 is 2.89 bits per heavy atom. The van der Waals surface area contributed by atoms with Crippen molar-refractivity contribution in [3.05, 3.63) is 35.4 Å². The molecule has 1 radical (unpaired) electrons. The summed E-state index contributed by atoms with van der Waals surface area (Å²) < 4.78 is 0. The van der Waals surface area contributed by atoms with E-state index in [2.05, 4.69) is 25.6 Å². The molecule has 1 aromatic carbocycles. The molecule has 0 aromatic heterocycles. The molecule has 0 spiro atoms. The molecule has 0 amide bonds. The van der Waals surface area contributed by atoms with Gasteiger partial charge < -0.3 is 0 Å². The first-order chi connectivity index (χ1) is 4.34. The molecular formula is C8H9S. The lowest BCUT2D eigenvalue weighted by Crippen LogP contribution is -1.81. The van der Waals surface area contributed by atoms with Crippen LogP contribution in [-0.4, -0.2) is 0 Å². The number of aryl methyl sites for hydroxylation is 1. The van der Waals surface area contributed by atoms with Crippen LogP contribution in [0.2, 0.25) is 0 Å². The molecule has 0 saturated heterocycles. The second-order valence-electron chi connectivity index (χ2n) is 2.01. The topological polar surface area (TPSA) is 0 Å². The monoisotopic (exact) mass is 137 g/mol. The maximum atomic E-state index is 4.17. The summed E-state index contributed by atoms with van der Waals surface area (Å²) in [6.45, 7) is 2.07. The van der Waals surface area contributed by atoms with Crippen molar-refractivity contribution in [1.82, 2.24) is 0 Å². The van der Waals surface area contributed by atoms with Gasteiger partial charge in [0.2, 0.25) is 0 Å². The summed E-state index contributed by atoms with van der Waals surface area (Å²) in [6.07, 6.45) is 0. The van der Waals surface area contributed by atoms with E-state index in [4.69, 9.17) is 0 Å². The Balaban J connectivity index is 3.01. The summed E-state index contributed by atoms with van der Waals surface area (Å²) in [5.74, 6) is 0.820. The van der Waals surface area contributed by atoms with Crippen LogP contribution in [0.5, 0.6) is 0 Å². The minimum absolute atomic E-state index is 0.820. The molecule has 0 bridgehead atoms. The van der Waals surface area contributed by atoms with Gasteiger partial charge >= 0.3 is 0 Å². The van der Waals surface area contributed by atoms with Gasteiger partial charge in [-0.05, 0) is 24.1 Å². The van der Waals surface area contributed by atoms with Gasteiger partial charge in [0, 0.05) is 5.75 Å². The van der Waals surface area contributed by atoms with E-state index in [9.17, 15) is 0 Å². The quantitative estimate of drug-likeness (QED) is 0.564. The van der Waals surface area contributed by atoms with E-state index >= 15 is 0 Å². The van der Waals surface area contributed by atoms with E-state index in [1.807, 2.05) is 18.2 Å². The van der Waals surface area contributed by atoms with Gasteiger partial charge in [-0.25, -0.2) is 0 Å². The standard InChI is InChI=1S/C8H9S/c1-7-4-2-3-5-8(7)6-9/h3-5,9H,6H2,1H3. The van der Waals surface area contributed by atoms with Crippen molar-refractivity contribution in [1.29, 1.82) is 0 Å². The first-order valence-electron chi connectivity index (χ1n) is 2.91. The van der Waals surface area contributed by atoms with E-state index in [0.717, 1.165) is 5.75 Å². The third-order valence-corrected chi connectivity index (χ3v) is 1.70. The van der Waals surface area contributed by atoms with E-state index < -0.39 is 0 Å². The molecule has 9 heavy (non-hydrogen) atoms. The Labute approximate surface area is 61.3 Å². The summed E-state index contributed by atoms with van der Waals surface area (Å²) in [5, 5.41) is 0. The van der Waals surface area contributed by atoms with Gasteiger partial charge in [-0.15, -0.1) is 0 Å². The van der Waals surface area contributed by atoms with Crippen LogP contribution >= 0.6 is 12.6 Å². The van der Waals surface area contributed by atoms with Crippen molar-refractivity contribution in [3.8, 4) is 0 Å². The Bertz CT molecular complexity index is 194. The van der Waals surface area contributed by atoms with Crippen molar-refractivity contribution < 1.29 is 0 Å². The van der Waals surface area contributed by atoms with E-state index in [1.165, 1.54) is 11.1 Å². The van der Waals surface area contributed by atoms with Crippen LogP contribution in [-0.2, 0) is 5.75 Å². The third-order valence-electron chi connectivity index (χ3n) is 1.36. The van der Waals surface area contributed by atoms with Crippen molar-refractivity contribution >= 4 is 12.6 Å². The molecule has 0 aliphatic carbocycles. The van der Waals surface area contributed by atoms with Crippen LogP contribution in [0.1, 0.15) is 11.1 Å². The zero-order chi connectivity index (χ0) is 6.69. The highest BCUT2D eigenvalue weighted by molar-refractivity contribution is 7.79. The number of hydrogen-bond acceptors (Lipinski definition) is 1. The summed E-state index contributed by atoms with van der Waals surface area (Å²) in [7, 11) is 0. The fourth-order valence-electron chi connectivity index (χ4n) is 0.723. The van der Waals surface area contributed by atoms with Crippen LogP contribution in [0, 0.1) is 13.0 Å². The van der Waals surface area contributed by atoms with Crippen LogP contribution < -0.4 is 0 Å². The van der Waals surface area contributed by atoms with Crippen molar-refractivity contribution in [2.45, 2.75) is 12.7 Å². The van der Waals surface area contributed by atoms with E-state index in [0.29, 0.717) is 0 Å². The predicted octanol–water partition coefficient (Wildman–Crippen LogP) is 2.23. The number of benzene rings is 1. The lowest BCUT2D eigenvalue weighted by Gasteiger charge is -1.97. The summed E-state index contributed by atoms with van der Waals surface area (Å²) >= 11 is 4.17. The lowest BCUT2D eigenvalue weighted by atomic mass is 10.1. The Morgan fingerprint density at radius 2 is 2.44 bits per heavy atom. The molecule has 47 valence electrons. The molecule has 0 N–H and O–H groups in total. The molecule has 0 unspecified atom stereocenters. The van der Waals surface area contributed by atoms with Gasteiger partial charge in [0.05, 0.1) is 0 Å². The lowest BCUT2D eigenvalue weighted by molar-refractivity contribution is 1.31. The normalized spacial score (nSPS) is 9.56. The van der Waals surface area contributed by atoms with Crippen LogP contribution in [0.15, 0.2) is 18.2 Å². The second-order valence-corrected chi connectivity index (χ2v) is 2.33. The fourth-order valence-corrected chi connectivity index (χ4v) is 1.08. The molecule has 0 aliphatic rings. The molecule has 0 aliphatic heterocycles. The highest BCUT2D eigenvalue weighted by Crippen LogP contribution is 2.07. The Kier molecular flexibility index (Phi) is 2.17. The molecule has 0 heterocycles. The largest absolute Gasteiger partial charge is 0.175 e. The molecule has 1 heteroatoms. The molecule has 1 rings (SSSR count).